The van der Waals surface area contributed by atoms with Crippen molar-refractivity contribution in [2.45, 2.75) is 12.3 Å². The fourth-order valence-electron chi connectivity index (χ4n) is 3.04. The van der Waals surface area contributed by atoms with E-state index in [-0.39, 0.29) is 23.8 Å². The quantitative estimate of drug-likeness (QED) is 0.653. The van der Waals surface area contributed by atoms with E-state index in [0.29, 0.717) is 12.5 Å². The Morgan fingerprint density at radius 3 is 2.68 bits per heavy atom. The van der Waals surface area contributed by atoms with Crippen molar-refractivity contribution in [1.29, 1.82) is 0 Å². The number of halogens is 1. The molecule has 2 unspecified atom stereocenters. The Bertz CT molecular complexity index is 545. The van der Waals surface area contributed by atoms with Gasteiger partial charge in [-0.05, 0) is 30.0 Å². The molecule has 1 aromatic rings. The van der Waals surface area contributed by atoms with Gasteiger partial charge in [0.15, 0.2) is 5.96 Å². The maximum absolute atomic E-state index is 13.0. The number of guanidine groups is 1. The fourth-order valence-corrected chi connectivity index (χ4v) is 3.95. The maximum atomic E-state index is 13.0. The molecule has 120 valence electrons. The van der Waals surface area contributed by atoms with E-state index in [9.17, 15) is 9.50 Å². The van der Waals surface area contributed by atoms with Crippen LogP contribution in [0.1, 0.15) is 17.9 Å². The van der Waals surface area contributed by atoms with Crippen LogP contribution in [0.15, 0.2) is 29.3 Å². The van der Waals surface area contributed by atoms with E-state index in [0.717, 1.165) is 36.6 Å². The van der Waals surface area contributed by atoms with Crippen molar-refractivity contribution in [2.75, 3.05) is 37.7 Å². The molecule has 0 amide bonds. The molecule has 3 N–H and O–H groups in total. The van der Waals surface area contributed by atoms with Gasteiger partial charge in [0.1, 0.15) is 5.82 Å². The molecule has 1 heterocycles. The first-order chi connectivity index (χ1) is 10.6. The van der Waals surface area contributed by atoms with Crippen molar-refractivity contribution < 1.29 is 9.50 Å². The molecule has 2 atom stereocenters. The first-order valence-corrected chi connectivity index (χ1v) is 8.79. The summed E-state index contributed by atoms with van der Waals surface area (Å²) >= 11 is 1.93. The minimum atomic E-state index is -0.232. The van der Waals surface area contributed by atoms with Crippen molar-refractivity contribution >= 4 is 17.7 Å². The molecular formula is C16H22FN3OS. The Morgan fingerprint density at radius 2 is 2.05 bits per heavy atom. The summed E-state index contributed by atoms with van der Waals surface area (Å²) in [4.78, 5) is 6.63. The summed E-state index contributed by atoms with van der Waals surface area (Å²) < 4.78 is 13.0. The standard InChI is InChI=1S/C16H22FN3OS/c17-13-3-1-12(2-4-13)14-9-16(14,11-21)10-19-15(18)20-5-7-22-8-6-20/h1-4,14,21H,5-11H2,(H2,18,19). The summed E-state index contributed by atoms with van der Waals surface area (Å²) in [5.74, 6) is 2.76. The summed E-state index contributed by atoms with van der Waals surface area (Å²) in [5, 5.41) is 9.77. The lowest BCUT2D eigenvalue weighted by Crippen LogP contribution is -2.43. The summed E-state index contributed by atoms with van der Waals surface area (Å²) in [6, 6.07) is 6.54. The van der Waals surface area contributed by atoms with Crippen LogP contribution in [0, 0.1) is 11.2 Å². The smallest absolute Gasteiger partial charge is 0.191 e. The fraction of sp³-hybridized carbons (Fsp3) is 0.562. The molecule has 2 aliphatic rings. The van der Waals surface area contributed by atoms with Crippen molar-refractivity contribution in [3.8, 4) is 0 Å². The zero-order chi connectivity index (χ0) is 15.6. The molecule has 1 aliphatic carbocycles. The molecule has 22 heavy (non-hydrogen) atoms. The second-order valence-corrected chi connectivity index (χ2v) is 7.33. The Hall–Kier alpha value is -1.27. The van der Waals surface area contributed by atoms with Gasteiger partial charge in [0.2, 0.25) is 0 Å². The first kappa shape index (κ1) is 15.6. The van der Waals surface area contributed by atoms with Gasteiger partial charge in [-0.15, -0.1) is 0 Å². The zero-order valence-electron chi connectivity index (χ0n) is 12.5. The molecule has 6 heteroatoms. The molecular weight excluding hydrogens is 301 g/mol. The Morgan fingerprint density at radius 1 is 1.36 bits per heavy atom. The molecule has 0 radical (unpaired) electrons. The normalized spacial score (nSPS) is 28.7. The SMILES string of the molecule is NC(=NCC1(CO)CC1c1ccc(F)cc1)N1CCSCC1. The number of benzene rings is 1. The molecule has 2 fully saturated rings. The lowest BCUT2D eigenvalue weighted by molar-refractivity contribution is 0.211. The third-order valence-electron chi connectivity index (χ3n) is 4.67. The van der Waals surface area contributed by atoms with Crippen molar-refractivity contribution in [1.82, 2.24) is 4.90 Å². The maximum Gasteiger partial charge on any atom is 0.191 e. The highest BCUT2D eigenvalue weighted by Gasteiger charge is 2.54. The van der Waals surface area contributed by atoms with Crippen molar-refractivity contribution in [2.24, 2.45) is 16.1 Å². The monoisotopic (exact) mass is 323 g/mol. The topological polar surface area (TPSA) is 61.9 Å². The van der Waals surface area contributed by atoms with Gasteiger partial charge in [0, 0.05) is 30.0 Å². The Kier molecular flexibility index (Phi) is 4.59. The average molecular weight is 323 g/mol. The van der Waals surface area contributed by atoms with Gasteiger partial charge in [0.25, 0.3) is 0 Å². The van der Waals surface area contributed by atoms with Gasteiger partial charge in [-0.2, -0.15) is 11.8 Å². The average Bonchev–Trinajstić information content (AvgIpc) is 3.29. The van der Waals surface area contributed by atoms with E-state index in [1.165, 1.54) is 12.1 Å². The van der Waals surface area contributed by atoms with Crippen LogP contribution in [0.25, 0.3) is 0 Å². The highest BCUT2D eigenvalue weighted by Crippen LogP contribution is 2.59. The Labute approximate surface area is 134 Å². The van der Waals surface area contributed by atoms with Crippen LogP contribution in [0.3, 0.4) is 0 Å². The summed E-state index contributed by atoms with van der Waals surface area (Å²) in [7, 11) is 0. The van der Waals surface area contributed by atoms with Crippen LogP contribution in [-0.2, 0) is 0 Å². The summed E-state index contributed by atoms with van der Waals surface area (Å²) in [6.45, 7) is 2.49. The van der Waals surface area contributed by atoms with Crippen LogP contribution in [0.5, 0.6) is 0 Å². The lowest BCUT2D eigenvalue weighted by Gasteiger charge is -2.27. The minimum absolute atomic E-state index is 0.0850. The number of aliphatic hydroxyl groups is 1. The Balaban J connectivity index is 1.64. The van der Waals surface area contributed by atoms with Gasteiger partial charge in [-0.1, -0.05) is 12.1 Å². The first-order valence-electron chi connectivity index (χ1n) is 7.63. The highest BCUT2D eigenvalue weighted by atomic mass is 32.2. The molecule has 3 rings (SSSR count). The van der Waals surface area contributed by atoms with Crippen LogP contribution in [0.2, 0.25) is 0 Å². The molecule has 1 aromatic carbocycles. The molecule has 0 bridgehead atoms. The van der Waals surface area contributed by atoms with Gasteiger partial charge in [-0.3, -0.25) is 4.99 Å². The van der Waals surface area contributed by atoms with Crippen LogP contribution < -0.4 is 5.73 Å². The molecule has 4 nitrogen and oxygen atoms in total. The third kappa shape index (κ3) is 3.22. The van der Waals surface area contributed by atoms with E-state index < -0.39 is 0 Å². The second kappa shape index (κ2) is 6.46. The lowest BCUT2D eigenvalue weighted by atomic mass is 10.00. The van der Waals surface area contributed by atoms with Gasteiger partial charge in [0.05, 0.1) is 13.2 Å². The molecule has 0 spiro atoms. The summed E-state index contributed by atoms with van der Waals surface area (Å²) in [6.07, 6.45) is 0.877. The minimum Gasteiger partial charge on any atom is -0.396 e. The van der Waals surface area contributed by atoms with E-state index in [1.54, 1.807) is 12.1 Å². The number of aliphatic hydroxyl groups excluding tert-OH is 1. The zero-order valence-corrected chi connectivity index (χ0v) is 13.4. The number of nitrogens with two attached hydrogens (primary N) is 1. The largest absolute Gasteiger partial charge is 0.396 e. The second-order valence-electron chi connectivity index (χ2n) is 6.10. The van der Waals surface area contributed by atoms with Gasteiger partial charge >= 0.3 is 0 Å². The van der Waals surface area contributed by atoms with E-state index in [2.05, 4.69) is 9.89 Å². The molecule has 1 saturated carbocycles. The van der Waals surface area contributed by atoms with Crippen LogP contribution >= 0.6 is 11.8 Å². The third-order valence-corrected chi connectivity index (χ3v) is 5.61. The number of rotatable bonds is 4. The number of hydrogen-bond acceptors (Lipinski definition) is 3. The number of aliphatic imine (C=N–C) groups is 1. The van der Waals surface area contributed by atoms with E-state index in [4.69, 9.17) is 5.73 Å². The number of thioether (sulfide) groups is 1. The predicted octanol–water partition coefficient (Wildman–Crippen LogP) is 1.66. The molecule has 1 aliphatic heterocycles. The number of nitrogens with zero attached hydrogens (tertiary/aromatic N) is 2. The van der Waals surface area contributed by atoms with Gasteiger partial charge in [-0.25, -0.2) is 4.39 Å². The molecule has 0 aromatic heterocycles. The van der Waals surface area contributed by atoms with E-state index in [1.807, 2.05) is 11.8 Å². The van der Waals surface area contributed by atoms with Crippen LogP contribution in [-0.4, -0.2) is 53.7 Å². The van der Waals surface area contributed by atoms with Crippen molar-refractivity contribution in [3.05, 3.63) is 35.6 Å². The van der Waals surface area contributed by atoms with Gasteiger partial charge < -0.3 is 15.7 Å². The summed E-state index contributed by atoms with van der Waals surface area (Å²) in [5.41, 5.74) is 6.92. The van der Waals surface area contributed by atoms with Crippen LogP contribution in [0.4, 0.5) is 4.39 Å². The molecule has 1 saturated heterocycles. The highest BCUT2D eigenvalue weighted by molar-refractivity contribution is 7.99. The predicted molar refractivity (Wildman–Crippen MR) is 88.7 cm³/mol. The number of hydrogen-bond donors (Lipinski definition) is 2. The van der Waals surface area contributed by atoms with Crippen molar-refractivity contribution in [3.63, 3.8) is 0 Å². The van der Waals surface area contributed by atoms with E-state index >= 15 is 0 Å².